The highest BCUT2D eigenvalue weighted by Gasteiger charge is 2.39. The lowest BCUT2D eigenvalue weighted by Gasteiger charge is -2.24. The molecule has 7 heteroatoms. The second-order valence-corrected chi connectivity index (χ2v) is 8.20. The van der Waals surface area contributed by atoms with Gasteiger partial charge in [0.05, 0.1) is 12.2 Å². The smallest absolute Gasteiger partial charge is 0.428 e. The van der Waals surface area contributed by atoms with Crippen LogP contribution >= 0.6 is 0 Å². The molecule has 1 rings (SSSR count). The Kier molecular flexibility index (Phi) is 7.61. The van der Waals surface area contributed by atoms with Crippen molar-refractivity contribution >= 4 is 19.3 Å². The maximum atomic E-state index is 5.58. The molecule has 0 aromatic rings. The molecule has 1 heterocycles. The monoisotopic (exact) mass is 294 g/mol. The second-order valence-electron chi connectivity index (χ2n) is 4.54. The first-order chi connectivity index (χ1) is 8.71. The molecule has 0 bridgehead atoms. The SMILES string of the molecule is CO[Si](CCCCC1OC1CCO[SiH3])(OC)OC. The zero-order valence-corrected chi connectivity index (χ0v) is 14.9. The average molecular weight is 294 g/mol. The summed E-state index contributed by atoms with van der Waals surface area (Å²) >= 11 is 0. The molecule has 18 heavy (non-hydrogen) atoms. The van der Waals surface area contributed by atoms with E-state index in [-0.39, 0.29) is 0 Å². The molecule has 0 amide bonds. The normalized spacial score (nSPS) is 23.5. The van der Waals surface area contributed by atoms with Crippen molar-refractivity contribution in [2.75, 3.05) is 27.9 Å². The third-order valence-corrected chi connectivity index (χ3v) is 6.69. The Balaban J connectivity index is 2.05. The molecule has 0 spiro atoms. The van der Waals surface area contributed by atoms with Gasteiger partial charge in [0.15, 0.2) is 0 Å². The van der Waals surface area contributed by atoms with Crippen molar-refractivity contribution in [3.05, 3.63) is 0 Å². The molecule has 1 aliphatic heterocycles. The van der Waals surface area contributed by atoms with E-state index >= 15 is 0 Å². The Hall–Kier alpha value is 0.234. The van der Waals surface area contributed by atoms with Gasteiger partial charge in [-0.2, -0.15) is 0 Å². The zero-order valence-electron chi connectivity index (χ0n) is 11.9. The number of hydrogen-bond acceptors (Lipinski definition) is 5. The van der Waals surface area contributed by atoms with Gasteiger partial charge >= 0.3 is 8.80 Å². The van der Waals surface area contributed by atoms with Crippen molar-refractivity contribution < 1.29 is 22.4 Å². The number of unbranched alkanes of at least 4 members (excludes halogenated alkanes) is 1. The van der Waals surface area contributed by atoms with Gasteiger partial charge < -0.3 is 22.4 Å². The van der Waals surface area contributed by atoms with Gasteiger partial charge in [0, 0.05) is 34.0 Å². The molecule has 0 aromatic heterocycles. The zero-order chi connectivity index (χ0) is 13.4. The first-order valence-electron chi connectivity index (χ1n) is 6.51. The Morgan fingerprint density at radius 2 is 1.61 bits per heavy atom. The lowest BCUT2D eigenvalue weighted by molar-refractivity contribution is 0.122. The van der Waals surface area contributed by atoms with Crippen LogP contribution in [-0.4, -0.2) is 59.4 Å². The molecule has 1 fully saturated rings. The van der Waals surface area contributed by atoms with E-state index in [1.165, 1.54) is 0 Å². The van der Waals surface area contributed by atoms with Crippen molar-refractivity contribution in [1.29, 1.82) is 0 Å². The van der Waals surface area contributed by atoms with E-state index < -0.39 is 8.80 Å². The Labute approximate surface area is 114 Å². The number of ether oxygens (including phenoxy) is 1. The lowest BCUT2D eigenvalue weighted by Crippen LogP contribution is -2.42. The maximum Gasteiger partial charge on any atom is 0.500 e. The Morgan fingerprint density at radius 3 is 2.17 bits per heavy atom. The fourth-order valence-corrected chi connectivity index (χ4v) is 4.20. The number of rotatable bonds is 11. The van der Waals surface area contributed by atoms with Gasteiger partial charge in [0.25, 0.3) is 0 Å². The summed E-state index contributed by atoms with van der Waals surface area (Å²) in [6, 6.07) is 0.873. The summed E-state index contributed by atoms with van der Waals surface area (Å²) in [5.41, 5.74) is 0. The van der Waals surface area contributed by atoms with Gasteiger partial charge in [-0.25, -0.2) is 0 Å². The molecule has 5 nitrogen and oxygen atoms in total. The molecule has 2 unspecified atom stereocenters. The number of hydrogen-bond donors (Lipinski definition) is 0. The summed E-state index contributed by atoms with van der Waals surface area (Å²) < 4.78 is 26.9. The summed E-state index contributed by atoms with van der Waals surface area (Å²) in [7, 11) is 3.44. The minimum absolute atomic E-state index is 0.438. The van der Waals surface area contributed by atoms with E-state index in [4.69, 9.17) is 22.4 Å². The quantitative estimate of drug-likeness (QED) is 0.315. The van der Waals surface area contributed by atoms with Crippen LogP contribution in [0.2, 0.25) is 6.04 Å². The predicted octanol–water partition coefficient (Wildman–Crippen LogP) is 0.489. The first kappa shape index (κ1) is 16.3. The van der Waals surface area contributed by atoms with Crippen molar-refractivity contribution in [3.8, 4) is 0 Å². The molecular weight excluding hydrogens is 268 g/mol. The van der Waals surface area contributed by atoms with Crippen LogP contribution in [0.5, 0.6) is 0 Å². The van der Waals surface area contributed by atoms with Crippen molar-refractivity contribution in [1.82, 2.24) is 0 Å². The van der Waals surface area contributed by atoms with E-state index in [1.807, 2.05) is 0 Å². The largest absolute Gasteiger partial charge is 0.500 e. The van der Waals surface area contributed by atoms with E-state index in [1.54, 1.807) is 21.3 Å². The van der Waals surface area contributed by atoms with Crippen molar-refractivity contribution in [3.63, 3.8) is 0 Å². The van der Waals surface area contributed by atoms with Crippen molar-refractivity contribution in [2.45, 2.75) is 43.9 Å². The molecule has 0 saturated carbocycles. The van der Waals surface area contributed by atoms with E-state index in [9.17, 15) is 0 Å². The van der Waals surface area contributed by atoms with Gasteiger partial charge in [0.2, 0.25) is 0 Å². The van der Waals surface area contributed by atoms with Crippen LogP contribution in [0.1, 0.15) is 25.7 Å². The van der Waals surface area contributed by atoms with E-state index in [2.05, 4.69) is 0 Å². The topological polar surface area (TPSA) is 49.5 Å². The second kappa shape index (κ2) is 8.41. The average Bonchev–Trinajstić information content (AvgIpc) is 3.16. The number of epoxide rings is 1. The minimum atomic E-state index is -2.36. The molecule has 0 radical (unpaired) electrons. The highest BCUT2D eigenvalue weighted by Crippen LogP contribution is 2.30. The third kappa shape index (κ3) is 5.08. The fourth-order valence-electron chi connectivity index (χ4n) is 2.16. The molecule has 1 aliphatic rings. The van der Waals surface area contributed by atoms with Crippen molar-refractivity contribution in [2.24, 2.45) is 0 Å². The van der Waals surface area contributed by atoms with E-state index in [0.29, 0.717) is 12.2 Å². The molecular formula is C11H26O5Si2. The van der Waals surface area contributed by atoms with E-state index in [0.717, 1.165) is 48.8 Å². The summed E-state index contributed by atoms with van der Waals surface area (Å²) in [5.74, 6) is 0. The molecule has 2 atom stereocenters. The first-order valence-corrected chi connectivity index (χ1v) is 9.26. The van der Waals surface area contributed by atoms with Gasteiger partial charge in [0.1, 0.15) is 10.5 Å². The standard InChI is InChI=1S/C11H26O5Si2/c1-12-18(13-2,14-3)9-5-4-6-10-11(16-10)7-8-15-17/h10-11H,4-9H2,1-3,17H3. The van der Waals surface area contributed by atoms with Gasteiger partial charge in [-0.05, 0) is 19.3 Å². The van der Waals surface area contributed by atoms with Gasteiger partial charge in [-0.3, -0.25) is 0 Å². The molecule has 108 valence electrons. The molecule has 0 aromatic carbocycles. The van der Waals surface area contributed by atoms with Crippen LogP contribution in [0.3, 0.4) is 0 Å². The summed E-state index contributed by atoms with van der Waals surface area (Å²) in [6.45, 7) is 0.848. The van der Waals surface area contributed by atoms with Crippen LogP contribution in [0.4, 0.5) is 0 Å². The summed E-state index contributed by atoms with van der Waals surface area (Å²) in [4.78, 5) is 0. The summed E-state index contributed by atoms with van der Waals surface area (Å²) in [6.07, 6.45) is 5.24. The molecule has 0 aliphatic carbocycles. The highest BCUT2D eigenvalue weighted by molar-refractivity contribution is 6.60. The molecule has 1 saturated heterocycles. The Morgan fingerprint density at radius 1 is 1.00 bits per heavy atom. The van der Waals surface area contributed by atoms with Crippen LogP contribution in [-0.2, 0) is 22.4 Å². The van der Waals surface area contributed by atoms with Crippen LogP contribution in [0.15, 0.2) is 0 Å². The predicted molar refractivity (Wildman–Crippen MR) is 74.6 cm³/mol. The molecule has 0 N–H and O–H groups in total. The van der Waals surface area contributed by atoms with Crippen LogP contribution < -0.4 is 0 Å². The van der Waals surface area contributed by atoms with Gasteiger partial charge in [-0.1, -0.05) is 6.42 Å². The maximum absolute atomic E-state index is 5.58. The third-order valence-electron chi connectivity index (χ3n) is 3.45. The fraction of sp³-hybridized carbons (Fsp3) is 1.00. The highest BCUT2D eigenvalue weighted by atomic mass is 28.4. The lowest BCUT2D eigenvalue weighted by atomic mass is 10.1. The van der Waals surface area contributed by atoms with Crippen LogP contribution in [0.25, 0.3) is 0 Å². The minimum Gasteiger partial charge on any atom is -0.428 e. The van der Waals surface area contributed by atoms with Crippen LogP contribution in [0, 0.1) is 0 Å². The Bertz CT molecular complexity index is 217. The summed E-state index contributed by atoms with van der Waals surface area (Å²) in [5, 5.41) is 0. The van der Waals surface area contributed by atoms with Gasteiger partial charge in [-0.15, -0.1) is 0 Å².